The summed E-state index contributed by atoms with van der Waals surface area (Å²) in [5.41, 5.74) is 3.60. The summed E-state index contributed by atoms with van der Waals surface area (Å²) in [4.78, 5) is 4.53. The molecule has 18 heavy (non-hydrogen) atoms. The van der Waals surface area contributed by atoms with Crippen molar-refractivity contribution in [2.45, 2.75) is 6.92 Å². The van der Waals surface area contributed by atoms with Crippen molar-refractivity contribution in [2.75, 3.05) is 0 Å². The second-order valence-electron chi connectivity index (χ2n) is 4.13. The molecule has 0 saturated heterocycles. The predicted octanol–water partition coefficient (Wildman–Crippen LogP) is 4.21. The number of benzene rings is 1. The van der Waals surface area contributed by atoms with Crippen LogP contribution < -0.4 is 0 Å². The molecule has 1 aromatic carbocycles. The smallest absolute Gasteiger partial charge is 0.139 e. The summed E-state index contributed by atoms with van der Waals surface area (Å²) in [7, 11) is 0. The van der Waals surface area contributed by atoms with Gasteiger partial charge in [0, 0.05) is 21.9 Å². The Balaban J connectivity index is 2.23. The van der Waals surface area contributed by atoms with E-state index in [2.05, 4.69) is 20.9 Å². The van der Waals surface area contributed by atoms with E-state index in [0.29, 0.717) is 0 Å². The first kappa shape index (κ1) is 11.4. The summed E-state index contributed by atoms with van der Waals surface area (Å²) >= 11 is 3.41. The third-order valence-corrected chi connectivity index (χ3v) is 3.47. The number of aromatic nitrogens is 2. The Labute approximate surface area is 112 Å². The Bertz CT molecular complexity index is 716. The van der Waals surface area contributed by atoms with Crippen molar-refractivity contribution >= 4 is 21.6 Å². The zero-order valence-corrected chi connectivity index (χ0v) is 11.3. The summed E-state index contributed by atoms with van der Waals surface area (Å²) in [5.74, 6) is -0.259. The van der Waals surface area contributed by atoms with Crippen LogP contribution in [0.3, 0.4) is 0 Å². The minimum absolute atomic E-state index is 0.259. The lowest BCUT2D eigenvalue weighted by Crippen LogP contribution is -1.89. The second kappa shape index (κ2) is 4.21. The number of pyridine rings is 1. The van der Waals surface area contributed by atoms with E-state index in [9.17, 15) is 4.39 Å². The fourth-order valence-corrected chi connectivity index (χ4v) is 2.28. The molecule has 0 atom stereocenters. The highest BCUT2D eigenvalue weighted by molar-refractivity contribution is 9.10. The van der Waals surface area contributed by atoms with Crippen LogP contribution in [-0.4, -0.2) is 9.38 Å². The van der Waals surface area contributed by atoms with Crippen molar-refractivity contribution in [1.82, 2.24) is 9.38 Å². The van der Waals surface area contributed by atoms with E-state index < -0.39 is 0 Å². The molecule has 2 aromatic heterocycles. The Morgan fingerprint density at radius 3 is 2.56 bits per heavy atom. The minimum atomic E-state index is -0.259. The third-order valence-electron chi connectivity index (χ3n) is 2.94. The number of imidazole rings is 1. The van der Waals surface area contributed by atoms with E-state index in [0.717, 1.165) is 27.1 Å². The Kier molecular flexibility index (Phi) is 2.67. The maximum atomic E-state index is 13.2. The number of nitrogens with zero attached hydrogens (tertiary/aromatic N) is 2. The van der Waals surface area contributed by atoms with Crippen LogP contribution in [-0.2, 0) is 0 Å². The monoisotopic (exact) mass is 304 g/mol. The predicted molar refractivity (Wildman–Crippen MR) is 73.0 cm³/mol. The molecular formula is C14H10BrFN2. The first-order chi connectivity index (χ1) is 8.65. The van der Waals surface area contributed by atoms with Gasteiger partial charge in [0.05, 0.1) is 5.69 Å². The van der Waals surface area contributed by atoms with Gasteiger partial charge < -0.3 is 4.40 Å². The first-order valence-electron chi connectivity index (χ1n) is 5.55. The highest BCUT2D eigenvalue weighted by atomic mass is 79.9. The van der Waals surface area contributed by atoms with Gasteiger partial charge in [-0.15, -0.1) is 0 Å². The molecule has 0 radical (unpaired) electrons. The summed E-state index contributed by atoms with van der Waals surface area (Å²) in [5, 5.41) is 0. The molecule has 4 heteroatoms. The normalized spacial score (nSPS) is 11.1. The zero-order valence-electron chi connectivity index (χ0n) is 9.69. The van der Waals surface area contributed by atoms with E-state index >= 15 is 0 Å². The van der Waals surface area contributed by atoms with Crippen molar-refractivity contribution in [3.8, 4) is 11.3 Å². The molecule has 0 aliphatic rings. The topological polar surface area (TPSA) is 17.3 Å². The highest BCUT2D eigenvalue weighted by Crippen LogP contribution is 2.25. The summed E-state index contributed by atoms with van der Waals surface area (Å²) in [6.45, 7) is 1.94. The second-order valence-corrected chi connectivity index (χ2v) is 5.04. The quantitative estimate of drug-likeness (QED) is 0.658. The van der Waals surface area contributed by atoms with Crippen LogP contribution in [0.25, 0.3) is 16.9 Å². The lowest BCUT2D eigenvalue weighted by Gasteiger charge is -1.99. The van der Waals surface area contributed by atoms with E-state index in [1.54, 1.807) is 10.5 Å². The van der Waals surface area contributed by atoms with E-state index in [-0.39, 0.29) is 5.82 Å². The number of halogens is 2. The molecule has 0 spiro atoms. The molecule has 3 rings (SSSR count). The molecule has 90 valence electrons. The molecule has 0 fully saturated rings. The van der Waals surface area contributed by atoms with Gasteiger partial charge in [0.25, 0.3) is 0 Å². The molecule has 2 heterocycles. The van der Waals surface area contributed by atoms with Crippen molar-refractivity contribution in [3.63, 3.8) is 0 Å². The standard InChI is InChI=1S/C14H10BrFN2/c1-9-14(10-2-4-11(15)5-3-10)17-13-7-6-12(16)8-18(9)13/h2-8H,1H3. The van der Waals surface area contributed by atoms with Crippen LogP contribution in [0.15, 0.2) is 47.1 Å². The molecule has 0 unspecified atom stereocenters. The molecule has 0 aliphatic carbocycles. The SMILES string of the molecule is Cc1c(-c2ccc(Br)cc2)nc2ccc(F)cn12. The number of hydrogen-bond donors (Lipinski definition) is 0. The minimum Gasteiger partial charge on any atom is -0.301 e. The number of aryl methyl sites for hydroxylation is 1. The van der Waals surface area contributed by atoms with Gasteiger partial charge in [0.2, 0.25) is 0 Å². The average molecular weight is 305 g/mol. The molecule has 0 aliphatic heterocycles. The highest BCUT2D eigenvalue weighted by Gasteiger charge is 2.10. The Hall–Kier alpha value is -1.68. The molecule has 0 saturated carbocycles. The van der Waals surface area contributed by atoms with Gasteiger partial charge in [-0.25, -0.2) is 9.37 Å². The third kappa shape index (κ3) is 1.82. The van der Waals surface area contributed by atoms with Crippen LogP contribution in [0.1, 0.15) is 5.69 Å². The van der Waals surface area contributed by atoms with Crippen molar-refractivity contribution in [1.29, 1.82) is 0 Å². The molecule has 2 nitrogen and oxygen atoms in total. The van der Waals surface area contributed by atoms with Crippen LogP contribution in [0.5, 0.6) is 0 Å². The number of hydrogen-bond acceptors (Lipinski definition) is 1. The molecule has 0 N–H and O–H groups in total. The zero-order chi connectivity index (χ0) is 12.7. The van der Waals surface area contributed by atoms with Gasteiger partial charge in [0.15, 0.2) is 0 Å². The van der Waals surface area contributed by atoms with Crippen molar-refractivity contribution in [3.05, 3.63) is 58.6 Å². The van der Waals surface area contributed by atoms with Gasteiger partial charge in [-0.3, -0.25) is 0 Å². The van der Waals surface area contributed by atoms with Gasteiger partial charge in [-0.2, -0.15) is 0 Å². The van der Waals surface area contributed by atoms with E-state index in [4.69, 9.17) is 0 Å². The van der Waals surface area contributed by atoms with E-state index in [1.807, 2.05) is 31.2 Å². The number of rotatable bonds is 1. The van der Waals surface area contributed by atoms with Crippen molar-refractivity contribution < 1.29 is 4.39 Å². The van der Waals surface area contributed by atoms with Gasteiger partial charge >= 0.3 is 0 Å². The van der Waals surface area contributed by atoms with Gasteiger partial charge in [-0.1, -0.05) is 28.1 Å². The van der Waals surface area contributed by atoms with E-state index in [1.165, 1.54) is 12.3 Å². The summed E-state index contributed by atoms with van der Waals surface area (Å²) in [6.07, 6.45) is 1.46. The van der Waals surface area contributed by atoms with Crippen LogP contribution in [0.4, 0.5) is 4.39 Å². The first-order valence-corrected chi connectivity index (χ1v) is 6.34. The Morgan fingerprint density at radius 2 is 1.83 bits per heavy atom. The van der Waals surface area contributed by atoms with Gasteiger partial charge in [0.1, 0.15) is 11.5 Å². The molecular weight excluding hydrogens is 295 g/mol. The lowest BCUT2D eigenvalue weighted by atomic mass is 10.1. The fourth-order valence-electron chi connectivity index (χ4n) is 2.02. The molecule has 3 aromatic rings. The van der Waals surface area contributed by atoms with Crippen LogP contribution in [0, 0.1) is 12.7 Å². The van der Waals surface area contributed by atoms with Gasteiger partial charge in [-0.05, 0) is 31.2 Å². The molecule has 0 bridgehead atoms. The molecule has 0 amide bonds. The van der Waals surface area contributed by atoms with Crippen LogP contribution >= 0.6 is 15.9 Å². The fraction of sp³-hybridized carbons (Fsp3) is 0.0714. The maximum absolute atomic E-state index is 13.2. The average Bonchev–Trinajstić information content (AvgIpc) is 2.68. The number of fused-ring (bicyclic) bond motifs is 1. The lowest BCUT2D eigenvalue weighted by molar-refractivity contribution is 0.618. The maximum Gasteiger partial charge on any atom is 0.139 e. The summed E-state index contributed by atoms with van der Waals surface area (Å²) < 4.78 is 16.0. The van der Waals surface area contributed by atoms with Crippen molar-refractivity contribution in [2.24, 2.45) is 0 Å². The van der Waals surface area contributed by atoms with Crippen LogP contribution in [0.2, 0.25) is 0 Å². The Morgan fingerprint density at radius 1 is 1.11 bits per heavy atom. The largest absolute Gasteiger partial charge is 0.301 e. The summed E-state index contributed by atoms with van der Waals surface area (Å²) in [6, 6.07) is 11.0.